The molecule has 2 fully saturated rings. The average molecular weight is 249 g/mol. The fourth-order valence-electron chi connectivity index (χ4n) is 3.92. The van der Waals surface area contributed by atoms with Crippen molar-refractivity contribution in [3.05, 3.63) is 35.6 Å². The molecule has 18 heavy (non-hydrogen) atoms. The minimum Gasteiger partial charge on any atom is -0.396 e. The summed E-state index contributed by atoms with van der Waals surface area (Å²) in [7, 11) is 2.17. The molecule has 2 nitrogen and oxygen atoms in total. The van der Waals surface area contributed by atoms with E-state index < -0.39 is 0 Å². The average Bonchev–Trinajstić information content (AvgIpc) is 2.63. The van der Waals surface area contributed by atoms with Crippen LogP contribution in [0.25, 0.3) is 0 Å². The topological polar surface area (TPSA) is 23.5 Å². The van der Waals surface area contributed by atoms with Gasteiger partial charge in [0.2, 0.25) is 0 Å². The molecule has 1 aromatic carbocycles. The molecule has 2 heterocycles. The zero-order valence-electron chi connectivity index (χ0n) is 10.7. The van der Waals surface area contributed by atoms with E-state index in [2.05, 4.69) is 11.9 Å². The van der Waals surface area contributed by atoms with Crippen LogP contribution >= 0.6 is 0 Å². The Balaban J connectivity index is 1.89. The summed E-state index contributed by atoms with van der Waals surface area (Å²) in [4.78, 5) is 2.43. The van der Waals surface area contributed by atoms with Gasteiger partial charge in [-0.15, -0.1) is 0 Å². The molecule has 1 N–H and O–H groups in total. The van der Waals surface area contributed by atoms with E-state index in [4.69, 9.17) is 0 Å². The largest absolute Gasteiger partial charge is 0.396 e. The third-order valence-electron chi connectivity index (χ3n) is 4.94. The van der Waals surface area contributed by atoms with Gasteiger partial charge in [-0.25, -0.2) is 4.39 Å². The Hall–Kier alpha value is -0.930. The monoisotopic (exact) mass is 249 g/mol. The van der Waals surface area contributed by atoms with Gasteiger partial charge in [-0.2, -0.15) is 0 Å². The molecule has 0 radical (unpaired) electrons. The molecule has 1 aromatic rings. The van der Waals surface area contributed by atoms with Crippen molar-refractivity contribution in [3.63, 3.8) is 0 Å². The summed E-state index contributed by atoms with van der Waals surface area (Å²) in [6.07, 6.45) is 3.50. The summed E-state index contributed by atoms with van der Waals surface area (Å²) >= 11 is 0. The van der Waals surface area contributed by atoms with E-state index in [1.165, 1.54) is 30.5 Å². The molecular weight excluding hydrogens is 229 g/mol. The number of aliphatic hydroxyl groups is 1. The van der Waals surface area contributed by atoms with Gasteiger partial charge in [0.1, 0.15) is 5.82 Å². The molecule has 2 aliphatic heterocycles. The van der Waals surface area contributed by atoms with Crippen molar-refractivity contribution >= 4 is 0 Å². The van der Waals surface area contributed by atoms with Crippen molar-refractivity contribution in [2.75, 3.05) is 13.7 Å². The van der Waals surface area contributed by atoms with Gasteiger partial charge >= 0.3 is 0 Å². The fraction of sp³-hybridized carbons (Fsp3) is 0.600. The molecule has 0 aliphatic carbocycles. The van der Waals surface area contributed by atoms with E-state index in [0.29, 0.717) is 23.9 Å². The van der Waals surface area contributed by atoms with Gasteiger partial charge in [0.15, 0.2) is 0 Å². The van der Waals surface area contributed by atoms with Crippen molar-refractivity contribution in [2.24, 2.45) is 5.92 Å². The maximum Gasteiger partial charge on any atom is 0.123 e. The maximum atomic E-state index is 13.0. The van der Waals surface area contributed by atoms with E-state index in [9.17, 15) is 9.50 Å². The third kappa shape index (κ3) is 1.86. The zero-order chi connectivity index (χ0) is 12.7. The van der Waals surface area contributed by atoms with Gasteiger partial charge < -0.3 is 10.0 Å². The third-order valence-corrected chi connectivity index (χ3v) is 4.94. The van der Waals surface area contributed by atoms with Crippen LogP contribution in [0.2, 0.25) is 0 Å². The number of fused-ring (bicyclic) bond motifs is 2. The van der Waals surface area contributed by atoms with Gasteiger partial charge in [0.25, 0.3) is 0 Å². The first-order valence-corrected chi connectivity index (χ1v) is 6.79. The number of piperidine rings is 1. The molecule has 0 spiro atoms. The van der Waals surface area contributed by atoms with E-state index in [1.807, 2.05) is 12.1 Å². The van der Waals surface area contributed by atoms with Crippen LogP contribution in [0.4, 0.5) is 4.39 Å². The van der Waals surface area contributed by atoms with Gasteiger partial charge in [0.05, 0.1) is 0 Å². The second-order valence-corrected chi connectivity index (χ2v) is 5.70. The summed E-state index contributed by atoms with van der Waals surface area (Å²) in [5, 5.41) is 9.71. The predicted octanol–water partition coefficient (Wildman–Crippen LogP) is 2.38. The highest BCUT2D eigenvalue weighted by atomic mass is 19.1. The molecule has 3 heteroatoms. The first-order chi connectivity index (χ1) is 8.70. The first-order valence-electron chi connectivity index (χ1n) is 6.79. The van der Waals surface area contributed by atoms with Crippen LogP contribution in [0.3, 0.4) is 0 Å². The summed E-state index contributed by atoms with van der Waals surface area (Å²) in [5.74, 6) is 0.485. The van der Waals surface area contributed by atoms with Crippen molar-refractivity contribution in [1.29, 1.82) is 0 Å². The van der Waals surface area contributed by atoms with Crippen LogP contribution in [-0.4, -0.2) is 35.7 Å². The molecular formula is C15H20FNO. The van der Waals surface area contributed by atoms with E-state index in [0.717, 1.165) is 6.42 Å². The lowest BCUT2D eigenvalue weighted by Gasteiger charge is -2.42. The molecule has 2 bridgehead atoms. The highest BCUT2D eigenvalue weighted by Crippen LogP contribution is 2.45. The minimum absolute atomic E-state index is 0.185. The fourth-order valence-corrected chi connectivity index (χ4v) is 3.92. The second kappa shape index (κ2) is 4.63. The van der Waals surface area contributed by atoms with Crippen molar-refractivity contribution in [2.45, 2.75) is 37.3 Å². The molecule has 3 unspecified atom stereocenters. The Labute approximate surface area is 107 Å². The Kier molecular flexibility index (Phi) is 3.12. The Bertz CT molecular complexity index is 419. The standard InChI is InChI=1S/C15H20FNO/c1-17-12-6-7-15(17)14(9-18)13(8-12)10-2-4-11(16)5-3-10/h2-5,12-15,18H,6-9H2,1H3/t12?,13?,14-,15?/m0/s1. The number of aliphatic hydroxyl groups excluding tert-OH is 1. The maximum absolute atomic E-state index is 13.0. The Morgan fingerprint density at radius 1 is 1.28 bits per heavy atom. The highest BCUT2D eigenvalue weighted by molar-refractivity contribution is 5.24. The van der Waals surface area contributed by atoms with Gasteiger partial charge in [0, 0.05) is 24.6 Å². The summed E-state index contributed by atoms with van der Waals surface area (Å²) in [6.45, 7) is 0.226. The second-order valence-electron chi connectivity index (χ2n) is 5.70. The number of nitrogens with zero attached hydrogens (tertiary/aromatic N) is 1. The lowest BCUT2D eigenvalue weighted by atomic mass is 9.76. The smallest absolute Gasteiger partial charge is 0.123 e. The van der Waals surface area contributed by atoms with E-state index in [-0.39, 0.29) is 12.4 Å². The molecule has 2 aliphatic rings. The van der Waals surface area contributed by atoms with Crippen LogP contribution < -0.4 is 0 Å². The highest BCUT2D eigenvalue weighted by Gasteiger charge is 2.45. The summed E-state index contributed by atoms with van der Waals surface area (Å²) in [5.41, 5.74) is 1.18. The van der Waals surface area contributed by atoms with Crippen LogP contribution in [0.1, 0.15) is 30.7 Å². The van der Waals surface area contributed by atoms with Crippen LogP contribution in [0.15, 0.2) is 24.3 Å². The van der Waals surface area contributed by atoms with Crippen LogP contribution in [-0.2, 0) is 0 Å². The Morgan fingerprint density at radius 3 is 2.67 bits per heavy atom. The summed E-state index contributed by atoms with van der Waals surface area (Å²) in [6, 6.07) is 7.95. The van der Waals surface area contributed by atoms with Gasteiger partial charge in [-0.3, -0.25) is 0 Å². The predicted molar refractivity (Wildman–Crippen MR) is 68.9 cm³/mol. The molecule has 3 rings (SSSR count). The molecule has 2 saturated heterocycles. The molecule has 0 saturated carbocycles. The SMILES string of the molecule is CN1C2CCC1[C@@H](CO)C(c1ccc(F)cc1)C2. The molecule has 0 aromatic heterocycles. The normalized spacial score (nSPS) is 35.9. The van der Waals surface area contributed by atoms with Crippen LogP contribution in [0, 0.1) is 11.7 Å². The molecule has 0 amide bonds. The first kappa shape index (κ1) is 12.1. The van der Waals surface area contributed by atoms with Crippen molar-refractivity contribution < 1.29 is 9.50 Å². The molecule has 98 valence electrons. The number of halogens is 1. The van der Waals surface area contributed by atoms with E-state index >= 15 is 0 Å². The van der Waals surface area contributed by atoms with Crippen molar-refractivity contribution in [1.82, 2.24) is 4.90 Å². The zero-order valence-corrected chi connectivity index (χ0v) is 10.7. The van der Waals surface area contributed by atoms with Gasteiger partial charge in [-0.1, -0.05) is 12.1 Å². The summed E-state index contributed by atoms with van der Waals surface area (Å²) < 4.78 is 13.0. The lowest BCUT2D eigenvalue weighted by Crippen LogP contribution is -2.47. The number of hydrogen-bond acceptors (Lipinski definition) is 2. The number of hydrogen-bond donors (Lipinski definition) is 1. The number of benzene rings is 1. The van der Waals surface area contributed by atoms with Crippen molar-refractivity contribution in [3.8, 4) is 0 Å². The quantitative estimate of drug-likeness (QED) is 0.870. The lowest BCUT2D eigenvalue weighted by molar-refractivity contribution is 0.0592. The minimum atomic E-state index is -0.185. The number of rotatable bonds is 2. The van der Waals surface area contributed by atoms with E-state index in [1.54, 1.807) is 0 Å². The Morgan fingerprint density at radius 2 is 2.00 bits per heavy atom. The van der Waals surface area contributed by atoms with Crippen LogP contribution in [0.5, 0.6) is 0 Å². The van der Waals surface area contributed by atoms with Gasteiger partial charge in [-0.05, 0) is 49.9 Å². The molecule has 4 atom stereocenters.